The Kier molecular flexibility index (Phi) is 10.5. The first-order valence-electron chi connectivity index (χ1n) is 10.5. The monoisotopic (exact) mass is 557 g/mol. The second-order valence-electron chi connectivity index (χ2n) is 9.04. The second-order valence-corrected chi connectivity index (χ2v) is 9.04. The van der Waals surface area contributed by atoms with Crippen LogP contribution in [0.15, 0.2) is 39.9 Å². The van der Waals surface area contributed by atoms with Gasteiger partial charge in [-0.25, -0.2) is 14.8 Å². The van der Waals surface area contributed by atoms with Crippen LogP contribution in [0.5, 0.6) is 0 Å². The van der Waals surface area contributed by atoms with E-state index in [1.807, 2.05) is 72.7 Å². The number of aryl methyl sites for hydroxylation is 1. The second kappa shape index (κ2) is 12.1. The number of benzene rings is 1. The Labute approximate surface area is 208 Å². The van der Waals surface area contributed by atoms with Crippen LogP contribution in [0, 0.1) is 6.92 Å². The normalized spacial score (nSPS) is 12.0. The van der Waals surface area contributed by atoms with Gasteiger partial charge in [0.2, 0.25) is 5.89 Å². The number of carbonyl (C=O) groups excluding carboxylic acids is 1. The molecule has 9 heteroatoms. The number of amides is 1. The molecule has 0 bridgehead atoms. The summed E-state index contributed by atoms with van der Waals surface area (Å²) in [5.41, 5.74) is 1.09. The van der Waals surface area contributed by atoms with Gasteiger partial charge in [0, 0.05) is 18.7 Å². The quantitative estimate of drug-likeness (QED) is 0.261. The molecule has 0 aliphatic heterocycles. The number of hydrogen-bond donors (Lipinski definition) is 3. The molecule has 8 nitrogen and oxygen atoms in total. The van der Waals surface area contributed by atoms with Crippen LogP contribution < -0.4 is 16.0 Å². The summed E-state index contributed by atoms with van der Waals surface area (Å²) in [7, 11) is 0. The molecule has 178 valence electrons. The van der Waals surface area contributed by atoms with Crippen molar-refractivity contribution in [3.8, 4) is 11.3 Å². The van der Waals surface area contributed by atoms with Gasteiger partial charge in [0.15, 0.2) is 11.7 Å². The third kappa shape index (κ3) is 9.88. The molecule has 0 saturated heterocycles. The summed E-state index contributed by atoms with van der Waals surface area (Å²) in [6, 6.07) is 8.09. The van der Waals surface area contributed by atoms with Gasteiger partial charge in [-0.2, -0.15) is 0 Å². The number of ether oxygens (including phenoxy) is 1. The molecule has 0 spiro atoms. The molecule has 1 aromatic heterocycles. The number of aromatic nitrogens is 1. The fourth-order valence-electron chi connectivity index (χ4n) is 2.65. The number of rotatable bonds is 7. The lowest BCUT2D eigenvalue weighted by Gasteiger charge is -2.29. The van der Waals surface area contributed by atoms with Gasteiger partial charge in [-0.05, 0) is 48.5 Å². The van der Waals surface area contributed by atoms with E-state index in [4.69, 9.17) is 9.15 Å². The molecule has 0 unspecified atom stereocenters. The van der Waals surface area contributed by atoms with Gasteiger partial charge in [0.1, 0.15) is 12.1 Å². The Hall–Kier alpha value is -2.30. The molecule has 0 saturated carbocycles. The largest absolute Gasteiger partial charge is 0.444 e. The van der Waals surface area contributed by atoms with E-state index >= 15 is 0 Å². The average molecular weight is 557 g/mol. The van der Waals surface area contributed by atoms with E-state index in [2.05, 4.69) is 25.9 Å². The van der Waals surface area contributed by atoms with Gasteiger partial charge in [-0.1, -0.05) is 29.8 Å². The number of nitrogens with zero attached hydrogens (tertiary/aromatic N) is 2. The van der Waals surface area contributed by atoms with Gasteiger partial charge < -0.3 is 25.1 Å². The number of halogens is 1. The molecule has 0 radical (unpaired) electrons. The summed E-state index contributed by atoms with van der Waals surface area (Å²) in [6.45, 7) is 14.8. The molecular formula is C23H36IN5O3. The van der Waals surface area contributed by atoms with Crippen molar-refractivity contribution >= 4 is 36.0 Å². The minimum Gasteiger partial charge on any atom is -0.444 e. The van der Waals surface area contributed by atoms with E-state index in [1.54, 1.807) is 6.20 Å². The number of hydrogen-bond acceptors (Lipinski definition) is 5. The van der Waals surface area contributed by atoms with Crippen molar-refractivity contribution in [2.24, 2.45) is 4.99 Å². The predicted octanol–water partition coefficient (Wildman–Crippen LogP) is 4.63. The van der Waals surface area contributed by atoms with E-state index in [1.165, 1.54) is 5.56 Å². The van der Waals surface area contributed by atoms with Crippen molar-refractivity contribution < 1.29 is 13.9 Å². The lowest BCUT2D eigenvalue weighted by atomic mass is 10.1. The van der Waals surface area contributed by atoms with Crippen molar-refractivity contribution in [1.82, 2.24) is 20.9 Å². The predicted molar refractivity (Wildman–Crippen MR) is 138 cm³/mol. The third-order valence-corrected chi connectivity index (χ3v) is 4.14. The van der Waals surface area contributed by atoms with E-state index in [9.17, 15) is 4.79 Å². The topological polar surface area (TPSA) is 101 Å². The zero-order valence-electron chi connectivity index (χ0n) is 20.0. The highest BCUT2D eigenvalue weighted by Crippen LogP contribution is 2.21. The van der Waals surface area contributed by atoms with Gasteiger partial charge in [-0.15, -0.1) is 24.0 Å². The molecule has 1 amide bonds. The summed E-state index contributed by atoms with van der Waals surface area (Å²) < 4.78 is 11.2. The van der Waals surface area contributed by atoms with E-state index in [-0.39, 0.29) is 24.0 Å². The Bertz CT molecular complexity index is 886. The first-order chi connectivity index (χ1) is 14.5. The summed E-state index contributed by atoms with van der Waals surface area (Å²) in [5.74, 6) is 1.85. The first-order valence-corrected chi connectivity index (χ1v) is 10.5. The van der Waals surface area contributed by atoms with Crippen LogP contribution in [0.4, 0.5) is 4.79 Å². The molecule has 0 atom stereocenters. The van der Waals surface area contributed by atoms with E-state index in [0.29, 0.717) is 37.2 Å². The first kappa shape index (κ1) is 27.7. The summed E-state index contributed by atoms with van der Waals surface area (Å²) >= 11 is 0. The molecule has 3 N–H and O–H groups in total. The smallest absolute Gasteiger partial charge is 0.408 e. The molecule has 32 heavy (non-hydrogen) atoms. The minimum atomic E-state index is -0.544. The number of alkyl carbamates (subject to hydrolysis) is 1. The van der Waals surface area contributed by atoms with Crippen molar-refractivity contribution in [3.05, 3.63) is 41.9 Å². The number of nitrogens with one attached hydrogen (secondary N) is 3. The molecule has 2 aromatic rings. The zero-order valence-corrected chi connectivity index (χ0v) is 22.4. The van der Waals surface area contributed by atoms with E-state index in [0.717, 1.165) is 5.56 Å². The fraction of sp³-hybridized carbons (Fsp3) is 0.522. The average Bonchev–Trinajstić information content (AvgIpc) is 3.11. The van der Waals surface area contributed by atoms with Crippen LogP contribution in [-0.2, 0) is 11.3 Å². The standard InChI is InChI=1S/C23H35N5O3.HI/c1-8-24-20(27-15-23(6,7)28-21(29)31-22(3,4)5)26-14-19-25-13-18(30-19)17-11-9-16(2)10-12-17;/h9-13H,8,14-15H2,1-7H3,(H,28,29)(H2,24,26,27);1H. The molecule has 1 heterocycles. The maximum Gasteiger partial charge on any atom is 0.408 e. The Morgan fingerprint density at radius 1 is 1.12 bits per heavy atom. The van der Waals surface area contributed by atoms with Gasteiger partial charge in [0.25, 0.3) is 0 Å². The van der Waals surface area contributed by atoms with Crippen molar-refractivity contribution in [2.45, 2.75) is 66.2 Å². The highest BCUT2D eigenvalue weighted by Gasteiger charge is 2.24. The Morgan fingerprint density at radius 3 is 2.38 bits per heavy atom. The molecule has 0 fully saturated rings. The number of aliphatic imine (C=N–C) groups is 1. The molecule has 2 rings (SSSR count). The van der Waals surface area contributed by atoms with Gasteiger partial charge >= 0.3 is 6.09 Å². The Balaban J connectivity index is 0.00000512. The van der Waals surface area contributed by atoms with Crippen LogP contribution in [0.25, 0.3) is 11.3 Å². The van der Waals surface area contributed by atoms with Crippen LogP contribution in [0.3, 0.4) is 0 Å². The number of carbonyl (C=O) groups is 1. The third-order valence-electron chi connectivity index (χ3n) is 4.14. The molecular weight excluding hydrogens is 521 g/mol. The van der Waals surface area contributed by atoms with Crippen LogP contribution in [0.1, 0.15) is 53.0 Å². The maximum atomic E-state index is 12.1. The van der Waals surface area contributed by atoms with Crippen molar-refractivity contribution in [2.75, 3.05) is 13.1 Å². The van der Waals surface area contributed by atoms with Crippen LogP contribution in [-0.4, -0.2) is 41.3 Å². The van der Waals surface area contributed by atoms with Crippen LogP contribution >= 0.6 is 24.0 Å². The highest BCUT2D eigenvalue weighted by molar-refractivity contribution is 14.0. The lowest BCUT2D eigenvalue weighted by molar-refractivity contribution is 0.0474. The van der Waals surface area contributed by atoms with Crippen molar-refractivity contribution in [1.29, 1.82) is 0 Å². The Morgan fingerprint density at radius 2 is 1.78 bits per heavy atom. The van der Waals surface area contributed by atoms with Gasteiger partial charge in [0.05, 0.1) is 11.7 Å². The molecule has 0 aliphatic carbocycles. The minimum absolute atomic E-state index is 0. The maximum absolute atomic E-state index is 12.1. The summed E-state index contributed by atoms with van der Waals surface area (Å²) in [4.78, 5) is 20.9. The SMILES string of the molecule is CCNC(=NCc1ncc(-c2ccc(C)cc2)o1)NCC(C)(C)NC(=O)OC(C)(C)C.I. The number of oxazole rings is 1. The summed E-state index contributed by atoms with van der Waals surface area (Å²) in [5, 5.41) is 9.30. The molecule has 0 aliphatic rings. The van der Waals surface area contributed by atoms with Crippen molar-refractivity contribution in [3.63, 3.8) is 0 Å². The summed E-state index contributed by atoms with van der Waals surface area (Å²) in [6.07, 6.45) is 1.26. The van der Waals surface area contributed by atoms with Gasteiger partial charge in [-0.3, -0.25) is 0 Å². The highest BCUT2D eigenvalue weighted by atomic mass is 127. The fourth-order valence-corrected chi connectivity index (χ4v) is 2.65. The molecule has 1 aromatic carbocycles. The van der Waals surface area contributed by atoms with E-state index < -0.39 is 17.2 Å². The number of guanidine groups is 1. The zero-order chi connectivity index (χ0) is 23.1. The van der Waals surface area contributed by atoms with Crippen LogP contribution in [0.2, 0.25) is 0 Å². The lowest BCUT2D eigenvalue weighted by Crippen LogP contribution is -2.54.